The first kappa shape index (κ1) is 9.95. The summed E-state index contributed by atoms with van der Waals surface area (Å²) in [5.41, 5.74) is 1.19. The Kier molecular flexibility index (Phi) is 1.98. The number of hydrogen-bond acceptors (Lipinski definition) is 2. The highest BCUT2D eigenvalue weighted by molar-refractivity contribution is 5.79. The summed E-state index contributed by atoms with van der Waals surface area (Å²) in [5, 5.41) is 3.99. The molecule has 0 saturated heterocycles. The Morgan fingerprint density at radius 2 is 2.12 bits per heavy atom. The highest BCUT2D eigenvalue weighted by atomic mass is 19.1. The predicted octanol–water partition coefficient (Wildman–Crippen LogP) is 2.24. The van der Waals surface area contributed by atoms with Crippen molar-refractivity contribution in [2.75, 3.05) is 0 Å². The zero-order chi connectivity index (χ0) is 12.0. The van der Waals surface area contributed by atoms with Gasteiger partial charge in [0.15, 0.2) is 5.82 Å². The van der Waals surface area contributed by atoms with Crippen molar-refractivity contribution >= 4 is 11.0 Å². The number of aryl methyl sites for hydroxylation is 1. The monoisotopic (exact) mass is 234 g/mol. The highest BCUT2D eigenvalue weighted by Gasteiger charge is 2.11. The van der Waals surface area contributed by atoms with Crippen LogP contribution in [0.4, 0.5) is 8.78 Å². The van der Waals surface area contributed by atoms with Crippen LogP contribution in [0, 0.1) is 11.6 Å². The average Bonchev–Trinajstić information content (AvgIpc) is 2.83. The first-order valence-electron chi connectivity index (χ1n) is 4.97. The zero-order valence-electron chi connectivity index (χ0n) is 8.91. The van der Waals surface area contributed by atoms with Crippen molar-refractivity contribution in [1.29, 1.82) is 0 Å². The minimum Gasteiger partial charge on any atom is -0.338 e. The summed E-state index contributed by atoms with van der Waals surface area (Å²) in [7, 11) is 1.77. The molecule has 0 saturated carbocycles. The van der Waals surface area contributed by atoms with Gasteiger partial charge in [-0.15, -0.1) is 0 Å². The van der Waals surface area contributed by atoms with Gasteiger partial charge >= 0.3 is 0 Å². The minimum atomic E-state index is -0.675. The SMILES string of the molecule is Cn1cc(-c2nc3c(F)cc(F)cc3[nH]2)cn1. The molecule has 0 fully saturated rings. The van der Waals surface area contributed by atoms with Crippen LogP contribution >= 0.6 is 0 Å². The van der Waals surface area contributed by atoms with Crippen LogP contribution in [-0.2, 0) is 7.05 Å². The number of aromatic amines is 1. The van der Waals surface area contributed by atoms with Crippen LogP contribution in [0.2, 0.25) is 0 Å². The second kappa shape index (κ2) is 3.38. The molecule has 1 N–H and O–H groups in total. The lowest BCUT2D eigenvalue weighted by Gasteiger charge is -1.90. The number of aromatic nitrogens is 4. The lowest BCUT2D eigenvalue weighted by molar-refractivity contribution is 0.591. The molecular weight excluding hydrogens is 226 g/mol. The molecule has 17 heavy (non-hydrogen) atoms. The van der Waals surface area contributed by atoms with Gasteiger partial charge in [0.1, 0.15) is 17.2 Å². The van der Waals surface area contributed by atoms with Crippen LogP contribution < -0.4 is 0 Å². The number of halogens is 2. The van der Waals surface area contributed by atoms with Gasteiger partial charge in [-0.1, -0.05) is 0 Å². The number of nitrogens with one attached hydrogen (secondary N) is 1. The minimum absolute atomic E-state index is 0.130. The van der Waals surface area contributed by atoms with Gasteiger partial charge in [-0.25, -0.2) is 13.8 Å². The number of fused-ring (bicyclic) bond motifs is 1. The van der Waals surface area contributed by atoms with Crippen molar-refractivity contribution in [2.45, 2.75) is 0 Å². The lowest BCUT2D eigenvalue weighted by atomic mass is 10.3. The molecule has 3 aromatic rings. The molecule has 0 aliphatic carbocycles. The van der Waals surface area contributed by atoms with Crippen LogP contribution in [0.1, 0.15) is 0 Å². The van der Waals surface area contributed by atoms with Crippen molar-refractivity contribution < 1.29 is 8.78 Å². The summed E-state index contributed by atoms with van der Waals surface area (Å²) < 4.78 is 28.1. The molecule has 0 unspecified atom stereocenters. The van der Waals surface area contributed by atoms with E-state index in [1.165, 1.54) is 6.07 Å². The fraction of sp³-hybridized carbons (Fsp3) is 0.0909. The molecule has 3 rings (SSSR count). The number of imidazole rings is 1. The summed E-state index contributed by atoms with van der Waals surface area (Å²) in [6, 6.07) is 2.03. The van der Waals surface area contributed by atoms with Crippen molar-refractivity contribution in [1.82, 2.24) is 19.7 Å². The third-order valence-electron chi connectivity index (χ3n) is 2.48. The maximum atomic E-state index is 13.4. The Morgan fingerprint density at radius 1 is 1.29 bits per heavy atom. The van der Waals surface area contributed by atoms with Gasteiger partial charge in [0.2, 0.25) is 0 Å². The number of nitrogens with zero attached hydrogens (tertiary/aromatic N) is 3. The second-order valence-corrected chi connectivity index (χ2v) is 3.77. The Hall–Kier alpha value is -2.24. The summed E-state index contributed by atoms with van der Waals surface area (Å²) in [6.45, 7) is 0. The molecule has 0 aliphatic heterocycles. The topological polar surface area (TPSA) is 46.5 Å². The Morgan fingerprint density at radius 3 is 2.82 bits per heavy atom. The van der Waals surface area contributed by atoms with Gasteiger partial charge in [-0.2, -0.15) is 5.10 Å². The van der Waals surface area contributed by atoms with E-state index in [0.29, 0.717) is 11.3 Å². The van der Waals surface area contributed by atoms with Gasteiger partial charge in [-0.05, 0) is 6.07 Å². The molecule has 0 radical (unpaired) electrons. The lowest BCUT2D eigenvalue weighted by Crippen LogP contribution is -1.84. The first-order chi connectivity index (χ1) is 8.13. The van der Waals surface area contributed by atoms with E-state index in [2.05, 4.69) is 15.1 Å². The molecule has 86 valence electrons. The van der Waals surface area contributed by atoms with E-state index in [9.17, 15) is 8.78 Å². The molecule has 0 aliphatic rings. The van der Waals surface area contributed by atoms with E-state index in [0.717, 1.165) is 11.6 Å². The highest BCUT2D eigenvalue weighted by Crippen LogP contribution is 2.22. The van der Waals surface area contributed by atoms with E-state index < -0.39 is 11.6 Å². The Bertz CT molecular complexity index is 699. The molecule has 2 aromatic heterocycles. The van der Waals surface area contributed by atoms with E-state index in [-0.39, 0.29) is 5.52 Å². The van der Waals surface area contributed by atoms with Crippen LogP contribution in [0.15, 0.2) is 24.5 Å². The van der Waals surface area contributed by atoms with Crippen molar-refractivity contribution in [2.24, 2.45) is 7.05 Å². The fourth-order valence-corrected chi connectivity index (χ4v) is 1.72. The van der Waals surface area contributed by atoms with Gasteiger partial charge in [0, 0.05) is 19.3 Å². The smallest absolute Gasteiger partial charge is 0.153 e. The first-order valence-corrected chi connectivity index (χ1v) is 4.97. The number of rotatable bonds is 1. The summed E-state index contributed by atoms with van der Waals surface area (Å²) in [5.74, 6) is -0.833. The number of benzene rings is 1. The molecule has 0 spiro atoms. The zero-order valence-corrected chi connectivity index (χ0v) is 8.91. The normalized spacial score (nSPS) is 11.2. The molecule has 6 heteroatoms. The van der Waals surface area contributed by atoms with Crippen molar-refractivity contribution in [3.05, 3.63) is 36.2 Å². The predicted molar refractivity (Wildman–Crippen MR) is 58.2 cm³/mol. The molecular formula is C11H8F2N4. The van der Waals surface area contributed by atoms with Gasteiger partial charge in [0.05, 0.1) is 17.3 Å². The maximum Gasteiger partial charge on any atom is 0.153 e. The largest absolute Gasteiger partial charge is 0.338 e. The number of hydrogen-bond donors (Lipinski definition) is 1. The molecule has 0 bridgehead atoms. The molecule has 0 atom stereocenters. The summed E-state index contributed by atoms with van der Waals surface area (Å²) in [6.07, 6.45) is 3.35. The third kappa shape index (κ3) is 1.57. The van der Waals surface area contributed by atoms with Crippen molar-refractivity contribution in [3.63, 3.8) is 0 Å². The van der Waals surface area contributed by atoms with Crippen LogP contribution in [0.3, 0.4) is 0 Å². The Labute approximate surface area is 94.9 Å². The van der Waals surface area contributed by atoms with E-state index in [1.54, 1.807) is 24.1 Å². The molecule has 1 aromatic carbocycles. The molecule has 4 nitrogen and oxygen atoms in total. The standard InChI is InChI=1S/C11H8F2N4/c1-17-5-6(4-14-17)11-15-9-3-7(12)2-8(13)10(9)16-11/h2-5H,1H3,(H,15,16). The van der Waals surface area contributed by atoms with Crippen LogP contribution in [-0.4, -0.2) is 19.7 Å². The van der Waals surface area contributed by atoms with Gasteiger partial charge < -0.3 is 4.98 Å². The fourth-order valence-electron chi connectivity index (χ4n) is 1.72. The van der Waals surface area contributed by atoms with Crippen molar-refractivity contribution in [3.8, 4) is 11.4 Å². The third-order valence-corrected chi connectivity index (χ3v) is 2.48. The second-order valence-electron chi connectivity index (χ2n) is 3.77. The van der Waals surface area contributed by atoms with E-state index >= 15 is 0 Å². The molecule has 0 amide bonds. The summed E-state index contributed by atoms with van der Waals surface area (Å²) in [4.78, 5) is 6.95. The van der Waals surface area contributed by atoms with Crippen LogP contribution in [0.25, 0.3) is 22.4 Å². The van der Waals surface area contributed by atoms with Gasteiger partial charge in [0.25, 0.3) is 0 Å². The number of H-pyrrole nitrogens is 1. The quantitative estimate of drug-likeness (QED) is 0.701. The Balaban J connectivity index is 2.23. The van der Waals surface area contributed by atoms with E-state index in [1.807, 2.05) is 0 Å². The molecule has 2 heterocycles. The average molecular weight is 234 g/mol. The maximum absolute atomic E-state index is 13.4. The van der Waals surface area contributed by atoms with E-state index in [4.69, 9.17) is 0 Å². The van der Waals surface area contributed by atoms with Gasteiger partial charge in [-0.3, -0.25) is 4.68 Å². The summed E-state index contributed by atoms with van der Waals surface area (Å²) >= 11 is 0. The van der Waals surface area contributed by atoms with Crippen LogP contribution in [0.5, 0.6) is 0 Å².